The smallest absolute Gasteiger partial charge is 0.130 e. The average Bonchev–Trinajstić information content (AvgIpc) is 2.38. The van der Waals surface area contributed by atoms with Crippen molar-refractivity contribution in [3.63, 3.8) is 0 Å². The van der Waals surface area contributed by atoms with Gasteiger partial charge in [0.05, 0.1) is 11.8 Å². The van der Waals surface area contributed by atoms with E-state index in [9.17, 15) is 0 Å². The fourth-order valence-electron chi connectivity index (χ4n) is 1.55. The zero-order valence-corrected chi connectivity index (χ0v) is 10.9. The highest BCUT2D eigenvalue weighted by atomic mass is 32.2. The largest absolute Gasteiger partial charge is 0.384 e. The Balaban J connectivity index is 2.16. The van der Waals surface area contributed by atoms with Crippen LogP contribution in [0.25, 0.3) is 0 Å². The summed E-state index contributed by atoms with van der Waals surface area (Å²) in [6.45, 7) is 2.08. The summed E-state index contributed by atoms with van der Waals surface area (Å²) in [5, 5.41) is 16.1. The molecule has 0 aliphatic heterocycles. The van der Waals surface area contributed by atoms with Gasteiger partial charge in [-0.3, -0.25) is 5.41 Å². The fraction of sp³-hybridized carbons (Fsp3) is 0.154. The molecule has 4 nitrogen and oxygen atoms in total. The first-order chi connectivity index (χ1) is 8.68. The predicted molar refractivity (Wildman–Crippen MR) is 73.8 cm³/mol. The lowest BCUT2D eigenvalue weighted by atomic mass is 10.1. The second kappa shape index (κ2) is 5.64. The molecule has 5 heteroatoms. The molecule has 0 fully saturated rings. The molecule has 0 bridgehead atoms. The number of amidine groups is 1. The van der Waals surface area contributed by atoms with Crippen molar-refractivity contribution >= 4 is 17.6 Å². The number of aryl methyl sites for hydroxylation is 1. The molecule has 0 spiro atoms. The quantitative estimate of drug-likeness (QED) is 0.501. The Labute approximate surface area is 110 Å². The van der Waals surface area contributed by atoms with Crippen LogP contribution < -0.4 is 5.73 Å². The molecule has 18 heavy (non-hydrogen) atoms. The number of nitrogen functional groups attached to an aromatic ring is 1. The molecule has 0 aliphatic rings. The third-order valence-electron chi connectivity index (χ3n) is 2.60. The zero-order valence-electron chi connectivity index (χ0n) is 10.1. The topological polar surface area (TPSA) is 75.7 Å². The van der Waals surface area contributed by atoms with Crippen LogP contribution in [0, 0.1) is 12.3 Å². The molecule has 0 aliphatic carbocycles. The lowest BCUT2D eigenvalue weighted by Crippen LogP contribution is -2.13. The number of nitrogens with zero attached hydrogens (tertiary/aromatic N) is 2. The van der Waals surface area contributed by atoms with E-state index in [4.69, 9.17) is 11.1 Å². The third kappa shape index (κ3) is 2.87. The SMILES string of the molecule is Cc1ccccc1CSc1nnccc1C(=N)N. The summed E-state index contributed by atoms with van der Waals surface area (Å²) >= 11 is 1.55. The Kier molecular flexibility index (Phi) is 3.94. The molecule has 1 aromatic carbocycles. The second-order valence-electron chi connectivity index (χ2n) is 3.88. The van der Waals surface area contributed by atoms with E-state index in [0.29, 0.717) is 10.6 Å². The number of thioether (sulfide) groups is 1. The molecule has 3 N–H and O–H groups in total. The van der Waals surface area contributed by atoms with Crippen molar-refractivity contribution < 1.29 is 0 Å². The summed E-state index contributed by atoms with van der Waals surface area (Å²) < 4.78 is 0. The van der Waals surface area contributed by atoms with E-state index in [1.54, 1.807) is 24.0 Å². The van der Waals surface area contributed by atoms with Crippen molar-refractivity contribution in [2.24, 2.45) is 5.73 Å². The van der Waals surface area contributed by atoms with Gasteiger partial charge in [0.25, 0.3) is 0 Å². The highest BCUT2D eigenvalue weighted by Crippen LogP contribution is 2.24. The molecular weight excluding hydrogens is 244 g/mol. The van der Waals surface area contributed by atoms with E-state index >= 15 is 0 Å². The van der Waals surface area contributed by atoms with Crippen molar-refractivity contribution in [1.29, 1.82) is 5.41 Å². The summed E-state index contributed by atoms with van der Waals surface area (Å²) in [4.78, 5) is 0. The van der Waals surface area contributed by atoms with Gasteiger partial charge in [-0.2, -0.15) is 5.10 Å². The number of nitrogens with two attached hydrogens (primary N) is 1. The fourth-order valence-corrected chi connectivity index (χ4v) is 2.60. The summed E-state index contributed by atoms with van der Waals surface area (Å²) in [7, 11) is 0. The zero-order chi connectivity index (χ0) is 13.0. The van der Waals surface area contributed by atoms with Gasteiger partial charge in [0.1, 0.15) is 10.9 Å². The van der Waals surface area contributed by atoms with Crippen LogP contribution in [0.3, 0.4) is 0 Å². The molecule has 92 valence electrons. The standard InChI is InChI=1S/C13H14N4S/c1-9-4-2-3-5-10(9)8-18-13-11(12(14)15)6-7-16-17-13/h2-7H,8H2,1H3,(H3,14,15). The van der Waals surface area contributed by atoms with E-state index in [1.165, 1.54) is 11.1 Å². The summed E-state index contributed by atoms with van der Waals surface area (Å²) in [6.07, 6.45) is 1.55. The first-order valence-electron chi connectivity index (χ1n) is 5.52. The van der Waals surface area contributed by atoms with Crippen LogP contribution in [-0.2, 0) is 5.75 Å². The first-order valence-corrected chi connectivity index (χ1v) is 6.50. The van der Waals surface area contributed by atoms with Crippen molar-refractivity contribution in [1.82, 2.24) is 10.2 Å². The molecule has 0 unspecified atom stereocenters. The Morgan fingerprint density at radius 3 is 2.83 bits per heavy atom. The van der Waals surface area contributed by atoms with Crippen LogP contribution in [0.4, 0.5) is 0 Å². The van der Waals surface area contributed by atoms with Crippen LogP contribution in [0.5, 0.6) is 0 Å². The van der Waals surface area contributed by atoms with Gasteiger partial charge >= 0.3 is 0 Å². The molecular formula is C13H14N4S. The maximum atomic E-state index is 7.50. The molecule has 0 saturated heterocycles. The number of hydrogen-bond donors (Lipinski definition) is 2. The van der Waals surface area contributed by atoms with E-state index in [-0.39, 0.29) is 5.84 Å². The Bertz CT molecular complexity index is 568. The normalized spacial score (nSPS) is 10.3. The molecule has 0 atom stereocenters. The van der Waals surface area contributed by atoms with E-state index in [2.05, 4.69) is 29.3 Å². The van der Waals surface area contributed by atoms with Crippen molar-refractivity contribution in [3.05, 3.63) is 53.2 Å². The van der Waals surface area contributed by atoms with Gasteiger partial charge in [0, 0.05) is 5.75 Å². The number of nitrogens with one attached hydrogen (secondary N) is 1. The monoisotopic (exact) mass is 258 g/mol. The van der Waals surface area contributed by atoms with Crippen LogP contribution in [0.2, 0.25) is 0 Å². The number of aromatic nitrogens is 2. The van der Waals surface area contributed by atoms with Gasteiger partial charge < -0.3 is 5.73 Å². The maximum Gasteiger partial charge on any atom is 0.130 e. The number of rotatable bonds is 4. The van der Waals surface area contributed by atoms with Crippen LogP contribution in [0.15, 0.2) is 41.6 Å². The van der Waals surface area contributed by atoms with Gasteiger partial charge in [-0.25, -0.2) is 0 Å². The van der Waals surface area contributed by atoms with Crippen LogP contribution >= 0.6 is 11.8 Å². The van der Waals surface area contributed by atoms with Crippen molar-refractivity contribution in [2.75, 3.05) is 0 Å². The molecule has 0 radical (unpaired) electrons. The lowest BCUT2D eigenvalue weighted by molar-refractivity contribution is 0.920. The number of hydrogen-bond acceptors (Lipinski definition) is 4. The molecule has 0 amide bonds. The van der Waals surface area contributed by atoms with Crippen molar-refractivity contribution in [3.8, 4) is 0 Å². The predicted octanol–water partition coefficient (Wildman–Crippen LogP) is 2.36. The minimum absolute atomic E-state index is 0.0252. The van der Waals surface area contributed by atoms with Gasteiger partial charge in [-0.1, -0.05) is 36.0 Å². The minimum Gasteiger partial charge on any atom is -0.384 e. The Morgan fingerprint density at radius 1 is 1.33 bits per heavy atom. The molecule has 1 aromatic heterocycles. The summed E-state index contributed by atoms with van der Waals surface area (Å²) in [6, 6.07) is 9.93. The molecule has 2 rings (SSSR count). The van der Waals surface area contributed by atoms with Crippen molar-refractivity contribution in [2.45, 2.75) is 17.7 Å². The van der Waals surface area contributed by atoms with E-state index in [1.807, 2.05) is 12.1 Å². The highest BCUT2D eigenvalue weighted by Gasteiger charge is 2.08. The average molecular weight is 258 g/mol. The Morgan fingerprint density at radius 2 is 2.11 bits per heavy atom. The minimum atomic E-state index is 0.0252. The lowest BCUT2D eigenvalue weighted by Gasteiger charge is -2.07. The van der Waals surface area contributed by atoms with Gasteiger partial charge in [-0.05, 0) is 24.1 Å². The molecule has 1 heterocycles. The first kappa shape index (κ1) is 12.6. The van der Waals surface area contributed by atoms with Gasteiger partial charge in [0.15, 0.2) is 0 Å². The molecule has 0 saturated carbocycles. The second-order valence-corrected chi connectivity index (χ2v) is 4.84. The van der Waals surface area contributed by atoms with Crippen LogP contribution in [0.1, 0.15) is 16.7 Å². The summed E-state index contributed by atoms with van der Waals surface area (Å²) in [5.74, 6) is 0.822. The van der Waals surface area contributed by atoms with E-state index in [0.717, 1.165) is 5.75 Å². The van der Waals surface area contributed by atoms with Crippen LogP contribution in [-0.4, -0.2) is 16.0 Å². The summed E-state index contributed by atoms with van der Waals surface area (Å²) in [5.41, 5.74) is 8.66. The molecule has 2 aromatic rings. The Hall–Kier alpha value is -1.88. The van der Waals surface area contributed by atoms with Gasteiger partial charge in [0.2, 0.25) is 0 Å². The van der Waals surface area contributed by atoms with E-state index < -0.39 is 0 Å². The third-order valence-corrected chi connectivity index (χ3v) is 3.63. The number of benzene rings is 1. The highest BCUT2D eigenvalue weighted by molar-refractivity contribution is 7.98. The maximum absolute atomic E-state index is 7.50. The van der Waals surface area contributed by atoms with Gasteiger partial charge in [-0.15, -0.1) is 5.10 Å².